The van der Waals surface area contributed by atoms with Crippen LogP contribution in [-0.4, -0.2) is 67.6 Å². The second-order valence-electron chi connectivity index (χ2n) is 15.1. The van der Waals surface area contributed by atoms with Gasteiger partial charge in [-0.2, -0.15) is 0 Å². The lowest BCUT2D eigenvalue weighted by molar-refractivity contribution is -0.303. The molecule has 254 valence electrons. The van der Waals surface area contributed by atoms with Gasteiger partial charge in [0.05, 0.1) is 23.1 Å². The summed E-state index contributed by atoms with van der Waals surface area (Å²) in [5, 5.41) is 56.4. The number of rotatable bonds is 14. The average molecular weight is 633 g/mol. The van der Waals surface area contributed by atoms with Crippen LogP contribution in [0.5, 0.6) is 0 Å². The van der Waals surface area contributed by atoms with Gasteiger partial charge in [-0.25, -0.2) is 4.79 Å². The third kappa shape index (κ3) is 6.54. The fraction of sp³-hybridized carbons (Fsp3) is 0.833. The molecular weight excluding hydrogens is 576 g/mol. The average Bonchev–Trinajstić information content (AvgIpc) is 3.29. The summed E-state index contributed by atoms with van der Waals surface area (Å²) in [5.41, 5.74) is -4.23. The Labute approximate surface area is 267 Å². The van der Waals surface area contributed by atoms with Crippen molar-refractivity contribution in [3.8, 4) is 0 Å². The van der Waals surface area contributed by atoms with E-state index < -0.39 is 39.9 Å². The first-order valence-corrected chi connectivity index (χ1v) is 17.7. The smallest absolute Gasteiger partial charge is 0.335 e. The van der Waals surface area contributed by atoms with Crippen LogP contribution >= 0.6 is 0 Å². The second-order valence-corrected chi connectivity index (χ2v) is 15.1. The summed E-state index contributed by atoms with van der Waals surface area (Å²) in [6.45, 7) is 2.17. The molecule has 4 aliphatic rings. The van der Waals surface area contributed by atoms with Crippen LogP contribution in [0, 0.1) is 23.2 Å². The topological polar surface area (TPSA) is 158 Å². The van der Waals surface area contributed by atoms with E-state index in [-0.39, 0.29) is 49.8 Å². The maximum atomic E-state index is 12.7. The maximum Gasteiger partial charge on any atom is 0.335 e. The Morgan fingerprint density at radius 3 is 2.18 bits per heavy atom. The van der Waals surface area contributed by atoms with E-state index in [1.165, 1.54) is 25.2 Å². The first-order valence-electron chi connectivity index (χ1n) is 17.7. The Balaban J connectivity index is 1.18. The highest BCUT2D eigenvalue weighted by atomic mass is 16.5. The summed E-state index contributed by atoms with van der Waals surface area (Å²) in [5.74, 6) is -1.43. The molecule has 4 aliphatic carbocycles. The van der Waals surface area contributed by atoms with Gasteiger partial charge in [0.15, 0.2) is 0 Å². The number of carbonyl (C=O) groups excluding carboxylic acids is 1. The van der Waals surface area contributed by atoms with Crippen molar-refractivity contribution in [2.45, 2.75) is 151 Å². The van der Waals surface area contributed by atoms with Crippen LogP contribution in [0.3, 0.4) is 0 Å². The number of aliphatic hydroxyl groups is 5. The number of aliphatic hydroxyl groups excluding tert-OH is 2. The lowest BCUT2D eigenvalue weighted by atomic mass is 9.42. The van der Waals surface area contributed by atoms with Gasteiger partial charge in [0, 0.05) is 43.5 Å². The number of fused-ring (bicyclic) bond motifs is 5. The number of carbonyl (C=O) groups is 1. The third-order valence-corrected chi connectivity index (χ3v) is 12.6. The van der Waals surface area contributed by atoms with E-state index in [1.54, 1.807) is 6.07 Å². The van der Waals surface area contributed by atoms with Crippen LogP contribution in [-0.2, 0) is 9.53 Å². The van der Waals surface area contributed by atoms with E-state index in [4.69, 9.17) is 14.3 Å². The number of hydrogen-bond donors (Lipinski definition) is 5. The summed E-state index contributed by atoms with van der Waals surface area (Å²) >= 11 is 0. The van der Waals surface area contributed by atoms with Crippen molar-refractivity contribution in [1.29, 1.82) is 0 Å². The quantitative estimate of drug-likeness (QED) is 0.144. The van der Waals surface area contributed by atoms with Crippen molar-refractivity contribution in [2.24, 2.45) is 23.2 Å². The zero-order chi connectivity index (χ0) is 32.3. The summed E-state index contributed by atoms with van der Waals surface area (Å²) in [7, 11) is 0. The molecule has 4 saturated carbocycles. The first-order chi connectivity index (χ1) is 21.5. The minimum atomic E-state index is -1.50. The fourth-order valence-corrected chi connectivity index (χ4v) is 10.3. The Hall–Kier alpha value is -1.78. The minimum absolute atomic E-state index is 0.0603. The van der Waals surface area contributed by atoms with Crippen LogP contribution < -0.4 is 5.63 Å². The van der Waals surface area contributed by atoms with Gasteiger partial charge in [0.1, 0.15) is 6.10 Å². The molecule has 5 rings (SSSR count). The monoisotopic (exact) mass is 632 g/mol. The maximum absolute atomic E-state index is 12.7. The normalized spacial score (nSPS) is 39.1. The zero-order valence-corrected chi connectivity index (χ0v) is 27.1. The SMILES string of the molecule is C[C@]12C[C@@H](CO)C3C(CC[C@]4(O)C[C@@H](OC(=O)CCCCCCCCCCCO)CC[C@]34O)[C@@]1(O)CC[C@@H]2c1ccc(=O)oc1. The standard InChI is InChI=1S/C36H56O9/c1-33-21-26(23-38)32-29(35(33,42)19-16-28(33)25-12-13-30(39)44-24-25)15-17-34(41)22-27(14-18-36(32,34)43)45-31(40)11-9-7-5-3-2-4-6-8-10-20-37/h12-13,24,26-29,32,37-38,41-43H,2-11,14-23H2,1H3/t26-,27-,28+,29?,32?,33+,34-,35-,36-/m0/s1. The highest BCUT2D eigenvalue weighted by Crippen LogP contribution is 2.70. The molecular formula is C36H56O9. The largest absolute Gasteiger partial charge is 0.462 e. The molecule has 0 aromatic carbocycles. The van der Waals surface area contributed by atoms with E-state index in [0.717, 1.165) is 50.5 Å². The van der Waals surface area contributed by atoms with Crippen molar-refractivity contribution in [3.63, 3.8) is 0 Å². The molecule has 4 fully saturated rings. The minimum Gasteiger partial charge on any atom is -0.462 e. The van der Waals surface area contributed by atoms with E-state index >= 15 is 0 Å². The highest BCUT2D eigenvalue weighted by Gasteiger charge is 2.73. The van der Waals surface area contributed by atoms with Crippen molar-refractivity contribution < 1.29 is 39.5 Å². The van der Waals surface area contributed by atoms with Crippen LogP contribution in [0.25, 0.3) is 0 Å². The molecule has 5 N–H and O–H groups in total. The number of ether oxygens (including phenoxy) is 1. The van der Waals surface area contributed by atoms with E-state index in [2.05, 4.69) is 6.92 Å². The summed E-state index contributed by atoms with van der Waals surface area (Å²) in [4.78, 5) is 24.3. The lowest BCUT2D eigenvalue weighted by Gasteiger charge is -2.66. The van der Waals surface area contributed by atoms with Crippen molar-refractivity contribution >= 4 is 5.97 Å². The van der Waals surface area contributed by atoms with Crippen LogP contribution in [0.4, 0.5) is 0 Å². The first kappa shape index (κ1) is 34.6. The molecule has 0 spiro atoms. The van der Waals surface area contributed by atoms with Crippen LogP contribution in [0.15, 0.2) is 27.6 Å². The van der Waals surface area contributed by atoms with E-state index in [1.807, 2.05) is 0 Å². The van der Waals surface area contributed by atoms with Gasteiger partial charge in [-0.3, -0.25) is 4.79 Å². The van der Waals surface area contributed by atoms with Gasteiger partial charge in [-0.05, 0) is 87.2 Å². The predicted molar refractivity (Wildman–Crippen MR) is 168 cm³/mol. The molecule has 9 nitrogen and oxygen atoms in total. The van der Waals surface area contributed by atoms with Crippen molar-refractivity contribution in [1.82, 2.24) is 0 Å². The third-order valence-electron chi connectivity index (χ3n) is 12.6. The molecule has 9 atom stereocenters. The lowest BCUT2D eigenvalue weighted by Crippen LogP contribution is -2.73. The van der Waals surface area contributed by atoms with Crippen LogP contribution in [0.1, 0.15) is 134 Å². The zero-order valence-electron chi connectivity index (χ0n) is 27.1. The number of esters is 1. The number of unbranched alkanes of at least 4 members (excludes halogenated alkanes) is 8. The van der Waals surface area contributed by atoms with Gasteiger partial charge in [0.2, 0.25) is 0 Å². The Bertz CT molecular complexity index is 1180. The fourth-order valence-electron chi connectivity index (χ4n) is 10.3. The van der Waals surface area contributed by atoms with E-state index in [0.29, 0.717) is 44.9 Å². The molecule has 45 heavy (non-hydrogen) atoms. The van der Waals surface area contributed by atoms with Crippen molar-refractivity contribution in [3.05, 3.63) is 34.4 Å². The molecule has 0 aliphatic heterocycles. The van der Waals surface area contributed by atoms with Gasteiger partial charge in [0.25, 0.3) is 0 Å². The molecule has 0 bridgehead atoms. The number of hydrogen-bond acceptors (Lipinski definition) is 9. The predicted octanol–water partition coefficient (Wildman–Crippen LogP) is 4.74. The van der Waals surface area contributed by atoms with Gasteiger partial charge < -0.3 is 34.7 Å². The summed E-state index contributed by atoms with van der Waals surface area (Å²) in [6, 6.07) is 3.18. The van der Waals surface area contributed by atoms with Gasteiger partial charge in [-0.15, -0.1) is 0 Å². The second kappa shape index (κ2) is 14.1. The van der Waals surface area contributed by atoms with Gasteiger partial charge in [-0.1, -0.05) is 51.9 Å². The molecule has 2 unspecified atom stereocenters. The molecule has 9 heteroatoms. The molecule has 1 aromatic rings. The molecule has 0 saturated heterocycles. The molecule has 0 amide bonds. The molecule has 1 heterocycles. The molecule has 0 radical (unpaired) electrons. The highest BCUT2D eigenvalue weighted by molar-refractivity contribution is 5.69. The van der Waals surface area contributed by atoms with Crippen molar-refractivity contribution in [2.75, 3.05) is 13.2 Å². The Morgan fingerprint density at radius 2 is 1.53 bits per heavy atom. The molecule has 1 aromatic heterocycles. The van der Waals surface area contributed by atoms with Gasteiger partial charge >= 0.3 is 11.6 Å². The Kier molecular flexibility index (Phi) is 10.9. The summed E-state index contributed by atoms with van der Waals surface area (Å²) in [6.07, 6.45) is 14.2. The summed E-state index contributed by atoms with van der Waals surface area (Å²) < 4.78 is 11.0. The Morgan fingerprint density at radius 1 is 0.867 bits per heavy atom. The van der Waals surface area contributed by atoms with E-state index in [9.17, 15) is 30.0 Å². The van der Waals surface area contributed by atoms with Crippen LogP contribution in [0.2, 0.25) is 0 Å².